The number of benzene rings is 1. The molecule has 0 saturated heterocycles. The van der Waals surface area contributed by atoms with Crippen molar-refractivity contribution in [2.24, 2.45) is 0 Å². The number of halogens is 2. The highest BCUT2D eigenvalue weighted by molar-refractivity contribution is 6.35. The molecule has 0 unspecified atom stereocenters. The first kappa shape index (κ1) is 15.1. The maximum atomic E-state index is 10.9. The molecule has 1 rings (SSSR count). The molecule has 0 atom stereocenters. The van der Waals surface area contributed by atoms with Crippen molar-refractivity contribution in [2.75, 3.05) is 13.7 Å². The van der Waals surface area contributed by atoms with Gasteiger partial charge in [-0.3, -0.25) is 4.79 Å². The molecule has 0 heterocycles. The van der Waals surface area contributed by atoms with Crippen molar-refractivity contribution in [1.29, 1.82) is 0 Å². The van der Waals surface area contributed by atoms with Gasteiger partial charge in [-0.1, -0.05) is 23.2 Å². The highest BCUT2D eigenvalue weighted by Crippen LogP contribution is 2.30. The average Bonchev–Trinajstić information content (AvgIpc) is 2.34. The second kappa shape index (κ2) is 7.46. The number of hydrogen-bond donors (Lipinski definition) is 2. The standard InChI is InChI=1S/C12H15Cl2NO3/c1-18-11(16)3-2-4-15-7-8-5-9(13)6-10(14)12(8)17/h5-6,15,17H,2-4,7H2,1H3. The number of ether oxygens (including phenoxy) is 1. The van der Waals surface area contributed by atoms with E-state index in [9.17, 15) is 9.90 Å². The van der Waals surface area contributed by atoms with Gasteiger partial charge >= 0.3 is 5.97 Å². The number of esters is 1. The largest absolute Gasteiger partial charge is 0.506 e. The van der Waals surface area contributed by atoms with Crippen LogP contribution in [0.5, 0.6) is 5.75 Å². The molecule has 0 radical (unpaired) electrons. The molecule has 0 bridgehead atoms. The summed E-state index contributed by atoms with van der Waals surface area (Å²) in [5, 5.41) is 13.5. The van der Waals surface area contributed by atoms with Gasteiger partial charge in [-0.05, 0) is 25.1 Å². The van der Waals surface area contributed by atoms with E-state index in [-0.39, 0.29) is 16.7 Å². The highest BCUT2D eigenvalue weighted by Gasteiger charge is 2.07. The number of carbonyl (C=O) groups is 1. The summed E-state index contributed by atoms with van der Waals surface area (Å²) in [6.45, 7) is 1.08. The van der Waals surface area contributed by atoms with E-state index in [1.165, 1.54) is 13.2 Å². The summed E-state index contributed by atoms with van der Waals surface area (Å²) in [5.41, 5.74) is 0.630. The quantitative estimate of drug-likeness (QED) is 0.625. The fourth-order valence-corrected chi connectivity index (χ4v) is 1.97. The Hall–Kier alpha value is -0.970. The molecule has 0 aliphatic heterocycles. The zero-order chi connectivity index (χ0) is 13.5. The Kier molecular flexibility index (Phi) is 6.25. The normalized spacial score (nSPS) is 10.4. The van der Waals surface area contributed by atoms with E-state index in [1.54, 1.807) is 6.07 Å². The van der Waals surface area contributed by atoms with Gasteiger partial charge in [-0.25, -0.2) is 0 Å². The Morgan fingerprint density at radius 2 is 2.17 bits per heavy atom. The topological polar surface area (TPSA) is 58.6 Å². The minimum absolute atomic E-state index is 0.0292. The van der Waals surface area contributed by atoms with Gasteiger partial charge < -0.3 is 15.2 Å². The summed E-state index contributed by atoms with van der Waals surface area (Å²) in [5.74, 6) is -0.202. The number of aromatic hydroxyl groups is 1. The summed E-state index contributed by atoms with van der Waals surface area (Å²) in [6, 6.07) is 3.13. The fourth-order valence-electron chi connectivity index (χ4n) is 1.44. The van der Waals surface area contributed by atoms with Crippen molar-refractivity contribution in [2.45, 2.75) is 19.4 Å². The van der Waals surface area contributed by atoms with Crippen LogP contribution >= 0.6 is 23.2 Å². The van der Waals surface area contributed by atoms with Crippen LogP contribution in [0.2, 0.25) is 10.0 Å². The first-order chi connectivity index (χ1) is 8.54. The second-order valence-electron chi connectivity index (χ2n) is 3.75. The number of phenolic OH excluding ortho intramolecular Hbond substituents is 1. The Morgan fingerprint density at radius 1 is 1.44 bits per heavy atom. The molecule has 0 aromatic heterocycles. The van der Waals surface area contributed by atoms with Crippen molar-refractivity contribution < 1.29 is 14.6 Å². The third-order valence-corrected chi connectivity index (χ3v) is 2.89. The molecule has 1 aromatic rings. The van der Waals surface area contributed by atoms with Crippen molar-refractivity contribution in [3.8, 4) is 5.75 Å². The molecular weight excluding hydrogens is 277 g/mol. The van der Waals surface area contributed by atoms with Crippen LogP contribution in [0.4, 0.5) is 0 Å². The first-order valence-electron chi connectivity index (χ1n) is 5.49. The van der Waals surface area contributed by atoms with Crippen LogP contribution in [0, 0.1) is 0 Å². The van der Waals surface area contributed by atoms with E-state index in [0.29, 0.717) is 36.5 Å². The molecule has 0 amide bonds. The lowest BCUT2D eigenvalue weighted by Gasteiger charge is -2.08. The van der Waals surface area contributed by atoms with E-state index in [0.717, 1.165) is 0 Å². The van der Waals surface area contributed by atoms with Crippen molar-refractivity contribution in [3.05, 3.63) is 27.7 Å². The number of nitrogens with one attached hydrogen (secondary N) is 1. The van der Waals surface area contributed by atoms with Gasteiger partial charge in [0, 0.05) is 23.6 Å². The van der Waals surface area contributed by atoms with Gasteiger partial charge in [0.15, 0.2) is 0 Å². The minimum Gasteiger partial charge on any atom is -0.506 e. The third-order valence-electron chi connectivity index (χ3n) is 2.38. The lowest BCUT2D eigenvalue weighted by molar-refractivity contribution is -0.140. The summed E-state index contributed by atoms with van der Waals surface area (Å²) in [4.78, 5) is 10.9. The zero-order valence-electron chi connectivity index (χ0n) is 10.0. The van der Waals surface area contributed by atoms with E-state index >= 15 is 0 Å². The van der Waals surface area contributed by atoms with Crippen molar-refractivity contribution >= 4 is 29.2 Å². The lowest BCUT2D eigenvalue weighted by Crippen LogP contribution is -2.16. The van der Waals surface area contributed by atoms with Crippen molar-refractivity contribution in [3.63, 3.8) is 0 Å². The minimum atomic E-state index is -0.231. The molecule has 4 nitrogen and oxygen atoms in total. The second-order valence-corrected chi connectivity index (χ2v) is 4.60. The van der Waals surface area contributed by atoms with E-state index in [1.807, 2.05) is 0 Å². The van der Waals surface area contributed by atoms with Crippen LogP contribution in [0.3, 0.4) is 0 Å². The van der Waals surface area contributed by atoms with Gasteiger partial charge in [0.05, 0.1) is 12.1 Å². The van der Waals surface area contributed by atoms with Crippen LogP contribution in [0.25, 0.3) is 0 Å². The summed E-state index contributed by atoms with van der Waals surface area (Å²) in [6.07, 6.45) is 1.04. The zero-order valence-corrected chi connectivity index (χ0v) is 11.5. The number of hydrogen-bond acceptors (Lipinski definition) is 4. The maximum Gasteiger partial charge on any atom is 0.305 e. The molecular formula is C12H15Cl2NO3. The summed E-state index contributed by atoms with van der Waals surface area (Å²) < 4.78 is 4.52. The molecule has 1 aromatic carbocycles. The molecule has 100 valence electrons. The van der Waals surface area contributed by atoms with E-state index < -0.39 is 0 Å². The first-order valence-corrected chi connectivity index (χ1v) is 6.24. The maximum absolute atomic E-state index is 10.9. The number of phenols is 1. The Bertz CT molecular complexity index is 424. The monoisotopic (exact) mass is 291 g/mol. The molecule has 2 N–H and O–H groups in total. The molecule has 18 heavy (non-hydrogen) atoms. The number of methoxy groups -OCH3 is 1. The van der Waals surface area contributed by atoms with Crippen LogP contribution in [0.15, 0.2) is 12.1 Å². The van der Waals surface area contributed by atoms with Crippen molar-refractivity contribution in [1.82, 2.24) is 5.32 Å². The van der Waals surface area contributed by atoms with Gasteiger partial charge in [0.2, 0.25) is 0 Å². The smallest absolute Gasteiger partial charge is 0.305 e. The molecule has 0 aliphatic rings. The predicted octanol–water partition coefficient (Wildman–Crippen LogP) is 2.74. The van der Waals surface area contributed by atoms with Crippen LogP contribution in [-0.2, 0) is 16.1 Å². The van der Waals surface area contributed by atoms with E-state index in [4.69, 9.17) is 23.2 Å². The Labute approximate surface area is 116 Å². The van der Waals surface area contributed by atoms with Gasteiger partial charge in [-0.15, -0.1) is 0 Å². The van der Waals surface area contributed by atoms with Crippen LogP contribution in [-0.4, -0.2) is 24.7 Å². The average molecular weight is 292 g/mol. The predicted molar refractivity (Wildman–Crippen MR) is 71.1 cm³/mol. The summed E-state index contributed by atoms with van der Waals surface area (Å²) in [7, 11) is 1.36. The van der Waals surface area contributed by atoms with Crippen LogP contribution in [0.1, 0.15) is 18.4 Å². The lowest BCUT2D eigenvalue weighted by atomic mass is 10.2. The molecule has 0 aliphatic carbocycles. The van der Waals surface area contributed by atoms with Gasteiger partial charge in [0.1, 0.15) is 5.75 Å². The molecule has 0 fully saturated rings. The number of carbonyl (C=O) groups excluding carboxylic acids is 1. The highest BCUT2D eigenvalue weighted by atomic mass is 35.5. The molecule has 0 spiro atoms. The van der Waals surface area contributed by atoms with E-state index in [2.05, 4.69) is 10.1 Å². The van der Waals surface area contributed by atoms with Crippen LogP contribution < -0.4 is 5.32 Å². The van der Waals surface area contributed by atoms with Gasteiger partial charge in [-0.2, -0.15) is 0 Å². The Balaban J connectivity index is 2.38. The third kappa shape index (κ3) is 4.72. The Morgan fingerprint density at radius 3 is 2.83 bits per heavy atom. The SMILES string of the molecule is COC(=O)CCCNCc1cc(Cl)cc(Cl)c1O. The molecule has 6 heteroatoms. The summed E-state index contributed by atoms with van der Waals surface area (Å²) >= 11 is 11.6. The fraction of sp³-hybridized carbons (Fsp3) is 0.417. The molecule has 0 saturated carbocycles. The van der Waals surface area contributed by atoms with Gasteiger partial charge in [0.25, 0.3) is 0 Å². The number of rotatable bonds is 6.